The van der Waals surface area contributed by atoms with Crippen molar-refractivity contribution >= 4 is 29.6 Å². The molecule has 124 valence electrons. The normalized spacial score (nSPS) is 23.2. The van der Waals surface area contributed by atoms with Crippen molar-refractivity contribution in [1.82, 2.24) is 20.9 Å². The summed E-state index contributed by atoms with van der Waals surface area (Å²) in [6.45, 7) is 3.15. The predicted molar refractivity (Wildman–Crippen MR) is 85.7 cm³/mol. The van der Waals surface area contributed by atoms with E-state index < -0.39 is 12.1 Å². The molecule has 2 fully saturated rings. The highest BCUT2D eigenvalue weighted by Crippen LogP contribution is 2.11. The summed E-state index contributed by atoms with van der Waals surface area (Å²) >= 11 is 1.85. The molecule has 22 heavy (non-hydrogen) atoms. The fourth-order valence-corrected chi connectivity index (χ4v) is 3.20. The molecule has 0 aromatic heterocycles. The molecular formula is C14H24N4O3S. The van der Waals surface area contributed by atoms with Crippen molar-refractivity contribution in [3.05, 3.63) is 0 Å². The molecule has 0 aromatic carbocycles. The van der Waals surface area contributed by atoms with E-state index in [1.807, 2.05) is 11.8 Å². The van der Waals surface area contributed by atoms with Gasteiger partial charge in [0.05, 0.1) is 0 Å². The monoisotopic (exact) mass is 328 g/mol. The van der Waals surface area contributed by atoms with E-state index in [1.54, 1.807) is 0 Å². The SMILES string of the molecule is CSCCN1CCC(NC(=O)CC[C@@H]2NC(=O)NC2=O)CC1. The zero-order valence-corrected chi connectivity index (χ0v) is 13.7. The van der Waals surface area contributed by atoms with Crippen LogP contribution >= 0.6 is 11.8 Å². The third-order valence-corrected chi connectivity index (χ3v) is 4.67. The Balaban J connectivity index is 1.62. The number of imide groups is 1. The smallest absolute Gasteiger partial charge is 0.322 e. The van der Waals surface area contributed by atoms with E-state index in [-0.39, 0.29) is 24.3 Å². The van der Waals surface area contributed by atoms with E-state index in [0.717, 1.165) is 38.2 Å². The van der Waals surface area contributed by atoms with Crippen LogP contribution in [-0.2, 0) is 9.59 Å². The van der Waals surface area contributed by atoms with Gasteiger partial charge in [-0.3, -0.25) is 14.9 Å². The molecule has 0 aromatic rings. The van der Waals surface area contributed by atoms with Gasteiger partial charge in [-0.05, 0) is 25.5 Å². The van der Waals surface area contributed by atoms with Crippen LogP contribution in [0.25, 0.3) is 0 Å². The Morgan fingerprint density at radius 3 is 2.68 bits per heavy atom. The van der Waals surface area contributed by atoms with Gasteiger partial charge in [0, 0.05) is 37.8 Å². The minimum atomic E-state index is -0.577. The first-order chi connectivity index (χ1) is 10.6. The van der Waals surface area contributed by atoms with Gasteiger partial charge in [0.15, 0.2) is 0 Å². The van der Waals surface area contributed by atoms with Crippen LogP contribution in [0.4, 0.5) is 4.79 Å². The molecule has 2 aliphatic rings. The van der Waals surface area contributed by atoms with Crippen LogP contribution < -0.4 is 16.0 Å². The van der Waals surface area contributed by atoms with E-state index in [0.29, 0.717) is 6.42 Å². The zero-order valence-electron chi connectivity index (χ0n) is 12.9. The minimum absolute atomic E-state index is 0.0449. The van der Waals surface area contributed by atoms with Gasteiger partial charge in [0.2, 0.25) is 5.91 Å². The van der Waals surface area contributed by atoms with Crippen LogP contribution in [0.2, 0.25) is 0 Å². The third kappa shape index (κ3) is 5.17. The number of carbonyl (C=O) groups excluding carboxylic acids is 3. The van der Waals surface area contributed by atoms with Crippen LogP contribution in [0.15, 0.2) is 0 Å². The zero-order chi connectivity index (χ0) is 15.9. The van der Waals surface area contributed by atoms with Crippen molar-refractivity contribution in [3.63, 3.8) is 0 Å². The lowest BCUT2D eigenvalue weighted by Crippen LogP contribution is -2.45. The van der Waals surface area contributed by atoms with Gasteiger partial charge in [0.1, 0.15) is 6.04 Å². The molecule has 7 nitrogen and oxygen atoms in total. The highest BCUT2D eigenvalue weighted by molar-refractivity contribution is 7.98. The van der Waals surface area contributed by atoms with Gasteiger partial charge < -0.3 is 15.5 Å². The molecule has 1 atom stereocenters. The second kappa shape index (κ2) is 8.38. The molecule has 8 heteroatoms. The average Bonchev–Trinajstić information content (AvgIpc) is 2.82. The van der Waals surface area contributed by atoms with Crippen molar-refractivity contribution in [2.75, 3.05) is 31.6 Å². The topological polar surface area (TPSA) is 90.5 Å². The lowest BCUT2D eigenvalue weighted by Gasteiger charge is -2.32. The number of piperidine rings is 1. The number of nitrogens with one attached hydrogen (secondary N) is 3. The second-order valence-electron chi connectivity index (χ2n) is 5.73. The number of urea groups is 1. The standard InChI is InChI=1S/C14H24N4O3S/c1-22-9-8-18-6-4-10(5-7-18)15-12(19)3-2-11-13(20)17-14(21)16-11/h10-11H,2-9H2,1H3,(H,15,19)(H2,16,17,20,21)/t11-/m0/s1. The summed E-state index contributed by atoms with van der Waals surface area (Å²) in [4.78, 5) is 36.7. The van der Waals surface area contributed by atoms with Gasteiger partial charge in [0.25, 0.3) is 5.91 Å². The van der Waals surface area contributed by atoms with Crippen molar-refractivity contribution in [2.45, 2.75) is 37.8 Å². The van der Waals surface area contributed by atoms with Crippen molar-refractivity contribution in [1.29, 1.82) is 0 Å². The summed E-state index contributed by atoms with van der Waals surface area (Å²) < 4.78 is 0. The third-order valence-electron chi connectivity index (χ3n) is 4.08. The Morgan fingerprint density at radius 1 is 1.36 bits per heavy atom. The quantitative estimate of drug-likeness (QED) is 0.569. The largest absolute Gasteiger partial charge is 0.353 e. The Morgan fingerprint density at radius 2 is 2.09 bits per heavy atom. The Hall–Kier alpha value is -1.28. The van der Waals surface area contributed by atoms with Gasteiger partial charge in [-0.15, -0.1) is 0 Å². The molecule has 0 aliphatic carbocycles. The molecule has 0 unspecified atom stereocenters. The first kappa shape index (κ1) is 17.1. The minimum Gasteiger partial charge on any atom is -0.353 e. The molecule has 2 rings (SSSR count). The summed E-state index contributed by atoms with van der Waals surface area (Å²) in [5, 5.41) is 7.70. The molecular weight excluding hydrogens is 304 g/mol. The number of carbonyl (C=O) groups is 3. The number of hydrogen-bond acceptors (Lipinski definition) is 5. The van der Waals surface area contributed by atoms with E-state index in [9.17, 15) is 14.4 Å². The van der Waals surface area contributed by atoms with E-state index in [2.05, 4.69) is 27.1 Å². The summed E-state index contributed by atoms with van der Waals surface area (Å²) in [6, 6.07) is -0.829. The van der Waals surface area contributed by atoms with E-state index in [4.69, 9.17) is 0 Å². The van der Waals surface area contributed by atoms with Crippen molar-refractivity contribution in [3.8, 4) is 0 Å². The molecule has 3 N–H and O–H groups in total. The number of nitrogens with zero attached hydrogens (tertiary/aromatic N) is 1. The lowest BCUT2D eigenvalue weighted by molar-refractivity contribution is -0.123. The van der Waals surface area contributed by atoms with Gasteiger partial charge in [-0.2, -0.15) is 11.8 Å². The summed E-state index contributed by atoms with van der Waals surface area (Å²) in [6.07, 6.45) is 4.66. The molecule has 2 saturated heterocycles. The van der Waals surface area contributed by atoms with Crippen LogP contribution in [0.5, 0.6) is 0 Å². The predicted octanol–water partition coefficient (Wildman–Crippen LogP) is -0.0818. The molecule has 2 aliphatic heterocycles. The van der Waals surface area contributed by atoms with Crippen molar-refractivity contribution < 1.29 is 14.4 Å². The maximum atomic E-state index is 11.9. The number of amides is 4. The number of hydrogen-bond donors (Lipinski definition) is 3. The van der Waals surface area contributed by atoms with Crippen LogP contribution in [0, 0.1) is 0 Å². The highest BCUT2D eigenvalue weighted by atomic mass is 32.2. The van der Waals surface area contributed by atoms with Crippen LogP contribution in [-0.4, -0.2) is 66.5 Å². The fraction of sp³-hybridized carbons (Fsp3) is 0.786. The maximum absolute atomic E-state index is 11.9. The molecule has 4 amide bonds. The maximum Gasteiger partial charge on any atom is 0.322 e. The first-order valence-corrected chi connectivity index (χ1v) is 9.10. The molecule has 0 spiro atoms. The number of likely N-dealkylation sites (tertiary alicyclic amines) is 1. The van der Waals surface area contributed by atoms with Crippen LogP contribution in [0.1, 0.15) is 25.7 Å². The Kier molecular flexibility index (Phi) is 6.50. The van der Waals surface area contributed by atoms with Crippen LogP contribution in [0.3, 0.4) is 0 Å². The fourth-order valence-electron chi connectivity index (χ4n) is 2.76. The van der Waals surface area contributed by atoms with Gasteiger partial charge in [-0.25, -0.2) is 4.79 Å². The lowest BCUT2D eigenvalue weighted by atomic mass is 10.0. The van der Waals surface area contributed by atoms with E-state index >= 15 is 0 Å². The van der Waals surface area contributed by atoms with Gasteiger partial charge >= 0.3 is 6.03 Å². The number of rotatable bonds is 7. The highest BCUT2D eigenvalue weighted by Gasteiger charge is 2.29. The second-order valence-corrected chi connectivity index (χ2v) is 6.72. The molecule has 0 bridgehead atoms. The van der Waals surface area contributed by atoms with Crippen molar-refractivity contribution in [2.24, 2.45) is 0 Å². The molecule has 2 heterocycles. The van der Waals surface area contributed by atoms with E-state index in [1.165, 1.54) is 0 Å². The Labute approximate surface area is 134 Å². The average molecular weight is 328 g/mol. The molecule has 0 saturated carbocycles. The molecule has 0 radical (unpaired) electrons. The first-order valence-electron chi connectivity index (χ1n) is 7.70. The summed E-state index contributed by atoms with van der Waals surface area (Å²) in [7, 11) is 0. The Bertz CT molecular complexity index is 424. The summed E-state index contributed by atoms with van der Waals surface area (Å²) in [5.74, 6) is 0.753. The number of thioether (sulfide) groups is 1. The van der Waals surface area contributed by atoms with Gasteiger partial charge in [-0.1, -0.05) is 0 Å². The summed E-state index contributed by atoms with van der Waals surface area (Å²) in [5.41, 5.74) is 0.